The van der Waals surface area contributed by atoms with Crippen LogP contribution in [-0.2, 0) is 5.92 Å². The van der Waals surface area contributed by atoms with Crippen molar-refractivity contribution in [3.8, 4) is 11.1 Å². The van der Waals surface area contributed by atoms with Gasteiger partial charge >= 0.3 is 11.8 Å². The molecule has 1 fully saturated rings. The van der Waals surface area contributed by atoms with E-state index in [4.69, 9.17) is 0 Å². The predicted molar refractivity (Wildman–Crippen MR) is 106 cm³/mol. The maximum atomic E-state index is 13.8. The zero-order valence-corrected chi connectivity index (χ0v) is 16.5. The molecule has 2 aromatic rings. The number of alkyl halides is 4. The molecule has 0 nitrogen and oxygen atoms in total. The van der Waals surface area contributed by atoms with E-state index in [1.165, 1.54) is 56.2 Å². The van der Waals surface area contributed by atoms with Crippen LogP contribution in [0.3, 0.4) is 0 Å². The van der Waals surface area contributed by atoms with Crippen LogP contribution in [0.25, 0.3) is 11.1 Å². The second-order valence-electron chi connectivity index (χ2n) is 8.17. The van der Waals surface area contributed by atoms with Crippen LogP contribution in [0.5, 0.6) is 0 Å². The number of hydrogen-bond donors (Lipinski definition) is 0. The molecule has 3 rings (SSSR count). The van der Waals surface area contributed by atoms with Gasteiger partial charge in [0.25, 0.3) is 0 Å². The molecule has 1 saturated carbocycles. The van der Waals surface area contributed by atoms with Gasteiger partial charge in [0.05, 0.1) is 0 Å². The quantitative estimate of drug-likeness (QED) is 0.435. The van der Waals surface area contributed by atoms with E-state index < -0.39 is 17.4 Å². The molecule has 2 aromatic carbocycles. The highest BCUT2D eigenvalue weighted by atomic mass is 19.3. The minimum Gasteiger partial charge on any atom is -0.200 e. The molecule has 0 amide bonds. The first-order chi connectivity index (χ1) is 13.2. The predicted octanol–water partition coefficient (Wildman–Crippen LogP) is 8.17. The highest BCUT2D eigenvalue weighted by Gasteiger charge is 2.53. The molecule has 0 aliphatic heterocycles. The molecule has 1 aliphatic carbocycles. The van der Waals surface area contributed by atoms with Crippen molar-refractivity contribution in [2.45, 2.75) is 70.1 Å². The zero-order chi connectivity index (χ0) is 20.4. The van der Waals surface area contributed by atoms with Crippen molar-refractivity contribution in [1.82, 2.24) is 0 Å². The summed E-state index contributed by atoms with van der Waals surface area (Å²) in [6, 6.07) is 13.4. The molecule has 0 aromatic heterocycles. The van der Waals surface area contributed by atoms with E-state index in [9.17, 15) is 17.6 Å². The second-order valence-corrected chi connectivity index (χ2v) is 8.17. The van der Waals surface area contributed by atoms with E-state index in [0.29, 0.717) is 5.92 Å². The second kappa shape index (κ2) is 8.26. The summed E-state index contributed by atoms with van der Waals surface area (Å²) in [5.74, 6) is -6.80. The molecule has 28 heavy (non-hydrogen) atoms. The van der Waals surface area contributed by atoms with E-state index in [2.05, 4.69) is 19.1 Å². The molecule has 1 aliphatic rings. The van der Waals surface area contributed by atoms with Crippen molar-refractivity contribution < 1.29 is 17.6 Å². The van der Waals surface area contributed by atoms with Crippen LogP contribution in [0.2, 0.25) is 0 Å². The van der Waals surface area contributed by atoms with Crippen molar-refractivity contribution in [2.24, 2.45) is 5.92 Å². The van der Waals surface area contributed by atoms with Crippen LogP contribution in [0, 0.1) is 5.92 Å². The topological polar surface area (TPSA) is 0 Å². The fourth-order valence-corrected chi connectivity index (χ4v) is 4.27. The molecule has 0 N–H and O–H groups in total. The van der Waals surface area contributed by atoms with E-state index >= 15 is 0 Å². The summed E-state index contributed by atoms with van der Waals surface area (Å²) in [6.45, 7) is 2.49. The Morgan fingerprint density at radius 1 is 0.786 bits per heavy atom. The normalized spacial score (nSPS) is 20.9. The molecule has 0 bridgehead atoms. The Bertz CT molecular complexity index is 749. The summed E-state index contributed by atoms with van der Waals surface area (Å²) in [6.07, 6.45) is 7.60. The Balaban J connectivity index is 1.69. The molecule has 0 spiro atoms. The van der Waals surface area contributed by atoms with Gasteiger partial charge in [-0.15, -0.1) is 0 Å². The zero-order valence-electron chi connectivity index (χ0n) is 16.5. The Morgan fingerprint density at radius 3 is 1.75 bits per heavy atom. The lowest BCUT2D eigenvalue weighted by Gasteiger charge is -2.28. The molecule has 0 unspecified atom stereocenters. The molecule has 0 heterocycles. The Kier molecular flexibility index (Phi) is 6.16. The van der Waals surface area contributed by atoms with Crippen LogP contribution in [0.4, 0.5) is 17.6 Å². The van der Waals surface area contributed by atoms with E-state index in [-0.39, 0.29) is 6.92 Å². The lowest BCUT2D eigenvalue weighted by Crippen LogP contribution is -2.34. The number of benzene rings is 2. The minimum atomic E-state index is -4.17. The molecule has 0 atom stereocenters. The van der Waals surface area contributed by atoms with Gasteiger partial charge < -0.3 is 0 Å². The third-order valence-electron chi connectivity index (χ3n) is 6.06. The molecular formula is C24H28F4. The lowest BCUT2D eigenvalue weighted by molar-refractivity contribution is -0.204. The molecule has 4 heteroatoms. The molecule has 0 saturated heterocycles. The fraction of sp³-hybridized carbons (Fsp3) is 0.500. The monoisotopic (exact) mass is 392 g/mol. The first-order valence-corrected chi connectivity index (χ1v) is 10.2. The summed E-state index contributed by atoms with van der Waals surface area (Å²) in [5, 5.41) is 0. The Morgan fingerprint density at radius 2 is 1.29 bits per heavy atom. The van der Waals surface area contributed by atoms with Gasteiger partial charge in [0, 0.05) is 12.5 Å². The van der Waals surface area contributed by atoms with E-state index in [0.717, 1.165) is 29.2 Å². The van der Waals surface area contributed by atoms with Crippen molar-refractivity contribution in [3.05, 3.63) is 59.7 Å². The average molecular weight is 392 g/mol. The van der Waals surface area contributed by atoms with Gasteiger partial charge in [0.15, 0.2) is 0 Å². The van der Waals surface area contributed by atoms with Crippen LogP contribution in [0.1, 0.15) is 69.4 Å². The van der Waals surface area contributed by atoms with Gasteiger partial charge in [-0.05, 0) is 54.2 Å². The summed E-state index contributed by atoms with van der Waals surface area (Å²) in [5.41, 5.74) is 2.32. The van der Waals surface area contributed by atoms with Crippen LogP contribution >= 0.6 is 0 Å². The van der Waals surface area contributed by atoms with Crippen LogP contribution in [0.15, 0.2) is 48.5 Å². The van der Waals surface area contributed by atoms with Gasteiger partial charge in [-0.1, -0.05) is 68.3 Å². The summed E-state index contributed by atoms with van der Waals surface area (Å²) in [4.78, 5) is 0. The van der Waals surface area contributed by atoms with Crippen molar-refractivity contribution in [3.63, 3.8) is 0 Å². The molecular weight excluding hydrogens is 364 g/mol. The number of halogens is 4. The third-order valence-corrected chi connectivity index (χ3v) is 6.06. The Hall–Kier alpha value is -1.84. The van der Waals surface area contributed by atoms with Gasteiger partial charge in [-0.3, -0.25) is 0 Å². The van der Waals surface area contributed by atoms with Gasteiger partial charge in [0.1, 0.15) is 0 Å². The van der Waals surface area contributed by atoms with Gasteiger partial charge in [0.2, 0.25) is 0 Å². The molecule has 0 radical (unpaired) electrons. The standard InChI is InChI=1S/C24H28F4/c1-3-4-17-5-7-18(8-6-17)19-9-11-20(12-10-19)21-13-15-22(16-14-21)24(27,28)23(2,25)26/h9-18H,3-8H2,1-2H3/t17-,18-. The first-order valence-electron chi connectivity index (χ1n) is 10.2. The van der Waals surface area contributed by atoms with Crippen molar-refractivity contribution >= 4 is 0 Å². The highest BCUT2D eigenvalue weighted by Crippen LogP contribution is 2.43. The lowest BCUT2D eigenvalue weighted by atomic mass is 9.77. The average Bonchev–Trinajstić information content (AvgIpc) is 2.68. The molecule has 152 valence electrons. The van der Waals surface area contributed by atoms with Crippen LogP contribution in [-0.4, -0.2) is 5.92 Å². The van der Waals surface area contributed by atoms with Crippen LogP contribution < -0.4 is 0 Å². The van der Waals surface area contributed by atoms with E-state index in [1.807, 2.05) is 12.1 Å². The minimum absolute atomic E-state index is 0.245. The SMILES string of the molecule is CCC[C@H]1CC[C@H](c2ccc(-c3ccc(C(F)(F)C(C)(F)F)cc3)cc2)CC1. The summed E-state index contributed by atoms with van der Waals surface area (Å²) < 4.78 is 53.9. The van der Waals surface area contributed by atoms with Gasteiger partial charge in [-0.2, -0.15) is 17.6 Å². The summed E-state index contributed by atoms with van der Waals surface area (Å²) >= 11 is 0. The maximum absolute atomic E-state index is 13.8. The highest BCUT2D eigenvalue weighted by molar-refractivity contribution is 5.64. The van der Waals surface area contributed by atoms with Gasteiger partial charge in [-0.25, -0.2) is 0 Å². The first kappa shape index (κ1) is 20.9. The summed E-state index contributed by atoms with van der Waals surface area (Å²) in [7, 11) is 0. The largest absolute Gasteiger partial charge is 0.335 e. The maximum Gasteiger partial charge on any atom is 0.335 e. The van der Waals surface area contributed by atoms with Crippen molar-refractivity contribution in [2.75, 3.05) is 0 Å². The van der Waals surface area contributed by atoms with E-state index in [1.54, 1.807) is 0 Å². The number of rotatable bonds is 6. The Labute approximate surface area is 165 Å². The smallest absolute Gasteiger partial charge is 0.200 e. The third kappa shape index (κ3) is 4.42. The fourth-order valence-electron chi connectivity index (χ4n) is 4.27. The van der Waals surface area contributed by atoms with Crippen molar-refractivity contribution in [1.29, 1.82) is 0 Å². The number of hydrogen-bond acceptors (Lipinski definition) is 0.